The second-order valence-corrected chi connectivity index (χ2v) is 5.65. The fraction of sp³-hybridized carbons (Fsp3) is 0.625. The minimum atomic E-state index is 0.190. The third kappa shape index (κ3) is 4.93. The second kappa shape index (κ2) is 8.00. The van der Waals surface area contributed by atoms with E-state index in [4.69, 9.17) is 0 Å². The first-order valence-electron chi connectivity index (χ1n) is 7.61. The van der Waals surface area contributed by atoms with E-state index in [2.05, 4.69) is 28.3 Å². The van der Waals surface area contributed by atoms with Gasteiger partial charge in [-0.1, -0.05) is 12.5 Å². The number of nitrogens with one attached hydrogen (secondary N) is 1. The highest BCUT2D eigenvalue weighted by molar-refractivity contribution is 5.76. The molecule has 20 heavy (non-hydrogen) atoms. The van der Waals surface area contributed by atoms with Gasteiger partial charge in [0.15, 0.2) is 0 Å². The summed E-state index contributed by atoms with van der Waals surface area (Å²) in [5, 5.41) is 3.03. The lowest BCUT2D eigenvalue weighted by Crippen LogP contribution is -2.40. The minimum absolute atomic E-state index is 0.190. The first-order chi connectivity index (χ1) is 9.75. The molecule has 1 aliphatic heterocycles. The first kappa shape index (κ1) is 15.0. The van der Waals surface area contributed by atoms with Crippen LogP contribution < -0.4 is 5.32 Å². The molecule has 0 bridgehead atoms. The van der Waals surface area contributed by atoms with Crippen molar-refractivity contribution in [3.8, 4) is 0 Å². The zero-order valence-corrected chi connectivity index (χ0v) is 12.3. The molecule has 1 aromatic rings. The van der Waals surface area contributed by atoms with E-state index >= 15 is 0 Å². The van der Waals surface area contributed by atoms with Crippen LogP contribution in [0.3, 0.4) is 0 Å². The van der Waals surface area contributed by atoms with Gasteiger partial charge in [-0.2, -0.15) is 0 Å². The highest BCUT2D eigenvalue weighted by Crippen LogP contribution is 2.17. The van der Waals surface area contributed by atoms with E-state index in [0.717, 1.165) is 32.4 Å². The van der Waals surface area contributed by atoms with Crippen LogP contribution in [-0.4, -0.2) is 42.0 Å². The van der Waals surface area contributed by atoms with E-state index in [9.17, 15) is 4.79 Å². The maximum absolute atomic E-state index is 11.9. The van der Waals surface area contributed by atoms with Gasteiger partial charge in [0, 0.05) is 31.4 Å². The molecule has 0 aromatic carbocycles. The van der Waals surface area contributed by atoms with Crippen molar-refractivity contribution in [2.45, 2.75) is 44.6 Å². The SMILES string of the molecule is CN1CCCCC1CC(=O)NCCCc1cccnc1. The first-order valence-corrected chi connectivity index (χ1v) is 7.61. The van der Waals surface area contributed by atoms with Gasteiger partial charge in [0.05, 0.1) is 0 Å². The quantitative estimate of drug-likeness (QED) is 0.808. The average Bonchev–Trinajstić information content (AvgIpc) is 2.47. The summed E-state index contributed by atoms with van der Waals surface area (Å²) in [6.07, 6.45) is 9.92. The number of carbonyl (C=O) groups is 1. The number of amides is 1. The molecule has 1 unspecified atom stereocenters. The number of piperidine rings is 1. The average molecular weight is 275 g/mol. The Kier molecular flexibility index (Phi) is 5.99. The molecule has 1 fully saturated rings. The number of likely N-dealkylation sites (tertiary alicyclic amines) is 1. The van der Waals surface area contributed by atoms with Gasteiger partial charge in [-0.25, -0.2) is 0 Å². The van der Waals surface area contributed by atoms with Crippen LogP contribution in [0.2, 0.25) is 0 Å². The van der Waals surface area contributed by atoms with Gasteiger partial charge in [0.25, 0.3) is 0 Å². The topological polar surface area (TPSA) is 45.2 Å². The fourth-order valence-corrected chi connectivity index (χ4v) is 2.75. The Morgan fingerprint density at radius 3 is 3.15 bits per heavy atom. The van der Waals surface area contributed by atoms with Crippen LogP contribution in [0.4, 0.5) is 0 Å². The summed E-state index contributed by atoms with van der Waals surface area (Å²) in [7, 11) is 2.12. The number of nitrogens with zero attached hydrogens (tertiary/aromatic N) is 2. The molecule has 1 N–H and O–H groups in total. The van der Waals surface area contributed by atoms with Crippen molar-refractivity contribution in [3.05, 3.63) is 30.1 Å². The van der Waals surface area contributed by atoms with Crippen molar-refractivity contribution in [2.75, 3.05) is 20.1 Å². The van der Waals surface area contributed by atoms with Crippen LogP contribution >= 0.6 is 0 Å². The Bertz CT molecular complexity index is 407. The smallest absolute Gasteiger partial charge is 0.221 e. The highest BCUT2D eigenvalue weighted by Gasteiger charge is 2.21. The molecular formula is C16H25N3O. The van der Waals surface area contributed by atoms with Crippen molar-refractivity contribution in [2.24, 2.45) is 0 Å². The lowest BCUT2D eigenvalue weighted by atomic mass is 10.00. The largest absolute Gasteiger partial charge is 0.356 e. The van der Waals surface area contributed by atoms with Gasteiger partial charge < -0.3 is 10.2 Å². The van der Waals surface area contributed by atoms with Crippen LogP contribution in [0.5, 0.6) is 0 Å². The van der Waals surface area contributed by atoms with Gasteiger partial charge >= 0.3 is 0 Å². The van der Waals surface area contributed by atoms with Crippen LogP contribution in [0.25, 0.3) is 0 Å². The maximum atomic E-state index is 11.9. The molecule has 4 nitrogen and oxygen atoms in total. The summed E-state index contributed by atoms with van der Waals surface area (Å²) in [6, 6.07) is 4.46. The van der Waals surface area contributed by atoms with E-state index in [0.29, 0.717) is 12.5 Å². The molecule has 0 radical (unpaired) electrons. The molecule has 1 aliphatic rings. The molecule has 1 atom stereocenters. The predicted octanol–water partition coefficient (Wildman–Crippen LogP) is 2.00. The summed E-state index contributed by atoms with van der Waals surface area (Å²) in [6.45, 7) is 1.88. The molecule has 2 heterocycles. The van der Waals surface area contributed by atoms with Crippen molar-refractivity contribution in [3.63, 3.8) is 0 Å². The molecule has 1 amide bonds. The molecule has 4 heteroatoms. The van der Waals surface area contributed by atoms with E-state index in [1.54, 1.807) is 6.20 Å². The number of aromatic nitrogens is 1. The van der Waals surface area contributed by atoms with Crippen molar-refractivity contribution in [1.29, 1.82) is 0 Å². The predicted molar refractivity (Wildman–Crippen MR) is 80.5 cm³/mol. The third-order valence-electron chi connectivity index (χ3n) is 4.03. The van der Waals surface area contributed by atoms with Crippen LogP contribution in [-0.2, 0) is 11.2 Å². The third-order valence-corrected chi connectivity index (χ3v) is 4.03. The van der Waals surface area contributed by atoms with E-state index in [-0.39, 0.29) is 5.91 Å². The molecule has 2 rings (SSSR count). The van der Waals surface area contributed by atoms with E-state index < -0.39 is 0 Å². The van der Waals surface area contributed by atoms with Gasteiger partial charge in [-0.05, 0) is 50.9 Å². The number of hydrogen-bond acceptors (Lipinski definition) is 3. The lowest BCUT2D eigenvalue weighted by molar-refractivity contribution is -0.122. The van der Waals surface area contributed by atoms with E-state index in [1.807, 2.05) is 12.3 Å². The molecule has 0 aliphatic carbocycles. The summed E-state index contributed by atoms with van der Waals surface area (Å²) in [4.78, 5) is 18.3. The standard InChI is InChI=1S/C16H25N3O/c1-19-11-3-2-8-15(19)12-16(20)18-10-5-7-14-6-4-9-17-13-14/h4,6,9,13,15H,2-3,5,7-8,10-12H2,1H3,(H,18,20). The Labute approximate surface area is 121 Å². The molecular weight excluding hydrogens is 250 g/mol. The van der Waals surface area contributed by atoms with Crippen molar-refractivity contribution < 1.29 is 4.79 Å². The molecule has 0 spiro atoms. The summed E-state index contributed by atoms with van der Waals surface area (Å²) in [5.74, 6) is 0.190. The Morgan fingerprint density at radius 1 is 1.50 bits per heavy atom. The number of hydrogen-bond donors (Lipinski definition) is 1. The molecule has 110 valence electrons. The minimum Gasteiger partial charge on any atom is -0.356 e. The van der Waals surface area contributed by atoms with E-state index in [1.165, 1.54) is 18.4 Å². The summed E-state index contributed by atoms with van der Waals surface area (Å²) in [5.41, 5.74) is 1.23. The van der Waals surface area contributed by atoms with Crippen LogP contribution in [0, 0.1) is 0 Å². The van der Waals surface area contributed by atoms with Crippen molar-refractivity contribution >= 4 is 5.91 Å². The Balaban J connectivity index is 1.60. The van der Waals surface area contributed by atoms with Gasteiger partial charge in [-0.3, -0.25) is 9.78 Å². The number of pyridine rings is 1. The zero-order valence-electron chi connectivity index (χ0n) is 12.3. The highest BCUT2D eigenvalue weighted by atomic mass is 16.1. The second-order valence-electron chi connectivity index (χ2n) is 5.65. The lowest BCUT2D eigenvalue weighted by Gasteiger charge is -2.31. The van der Waals surface area contributed by atoms with Gasteiger partial charge in [-0.15, -0.1) is 0 Å². The Morgan fingerprint density at radius 2 is 2.40 bits per heavy atom. The number of carbonyl (C=O) groups excluding carboxylic acids is 1. The number of aryl methyl sites for hydroxylation is 1. The van der Waals surface area contributed by atoms with Crippen molar-refractivity contribution in [1.82, 2.24) is 15.2 Å². The molecule has 0 saturated carbocycles. The Hall–Kier alpha value is -1.42. The van der Waals surface area contributed by atoms with Crippen LogP contribution in [0.1, 0.15) is 37.7 Å². The zero-order chi connectivity index (χ0) is 14.2. The normalized spacial score (nSPS) is 19.8. The molecule has 1 aromatic heterocycles. The van der Waals surface area contributed by atoms with Gasteiger partial charge in [0.2, 0.25) is 5.91 Å². The monoisotopic (exact) mass is 275 g/mol. The van der Waals surface area contributed by atoms with Crippen LogP contribution in [0.15, 0.2) is 24.5 Å². The summed E-state index contributed by atoms with van der Waals surface area (Å²) >= 11 is 0. The summed E-state index contributed by atoms with van der Waals surface area (Å²) < 4.78 is 0. The van der Waals surface area contributed by atoms with Gasteiger partial charge in [0.1, 0.15) is 0 Å². The maximum Gasteiger partial charge on any atom is 0.221 e. The fourth-order valence-electron chi connectivity index (χ4n) is 2.75. The number of rotatable bonds is 6. The molecule has 1 saturated heterocycles.